The number of carbonyl (C=O) groups is 1. The van der Waals surface area contributed by atoms with Crippen LogP contribution in [0, 0.1) is 11.6 Å². The van der Waals surface area contributed by atoms with Gasteiger partial charge in [0.15, 0.2) is 11.6 Å². The van der Waals surface area contributed by atoms with Crippen LogP contribution in [0.3, 0.4) is 0 Å². The van der Waals surface area contributed by atoms with Crippen LogP contribution < -0.4 is 10.1 Å². The summed E-state index contributed by atoms with van der Waals surface area (Å²) in [5.41, 5.74) is 1.57. The van der Waals surface area contributed by atoms with Crippen molar-refractivity contribution in [3.05, 3.63) is 70.7 Å². The fraction of sp³-hybridized carbons (Fsp3) is 0.273. The number of rotatable bonds is 7. The topological polar surface area (TPSA) is 60.5 Å². The second-order valence-corrected chi connectivity index (χ2v) is 7.77. The first kappa shape index (κ1) is 20.4. The predicted molar refractivity (Wildman–Crippen MR) is 110 cm³/mol. The minimum absolute atomic E-state index is 0.0671. The van der Waals surface area contributed by atoms with Crippen LogP contribution in [0.25, 0.3) is 10.6 Å². The summed E-state index contributed by atoms with van der Waals surface area (Å²) >= 11 is 1.34. The van der Waals surface area contributed by atoms with Crippen molar-refractivity contribution < 1.29 is 23.0 Å². The number of aromatic nitrogens is 1. The average Bonchev–Trinajstić information content (AvgIpc) is 3.45. The largest absolute Gasteiger partial charge is 0.488 e. The Bertz CT molecular complexity index is 1030. The highest BCUT2D eigenvalue weighted by Crippen LogP contribution is 2.32. The third kappa shape index (κ3) is 4.83. The van der Waals surface area contributed by atoms with Crippen molar-refractivity contribution in [3.63, 3.8) is 0 Å². The summed E-state index contributed by atoms with van der Waals surface area (Å²) in [5, 5.41) is 5.20. The number of para-hydroxylation sites is 1. The number of halogens is 2. The Morgan fingerprint density at radius 3 is 2.90 bits per heavy atom. The Balaban J connectivity index is 1.44. The molecule has 1 atom stereocenters. The van der Waals surface area contributed by atoms with Gasteiger partial charge in [0.05, 0.1) is 11.7 Å². The van der Waals surface area contributed by atoms with E-state index >= 15 is 0 Å². The second-order valence-electron chi connectivity index (χ2n) is 6.92. The highest BCUT2D eigenvalue weighted by Gasteiger charge is 2.19. The van der Waals surface area contributed by atoms with E-state index in [1.165, 1.54) is 17.4 Å². The molecule has 1 saturated heterocycles. The third-order valence-corrected chi connectivity index (χ3v) is 5.62. The van der Waals surface area contributed by atoms with Gasteiger partial charge in [-0.1, -0.05) is 18.2 Å². The van der Waals surface area contributed by atoms with Crippen LogP contribution in [0.15, 0.2) is 47.8 Å². The molecule has 2 aromatic carbocycles. The average molecular weight is 430 g/mol. The number of thiazole rings is 1. The molecule has 1 aromatic heterocycles. The zero-order valence-corrected chi connectivity index (χ0v) is 16.9. The van der Waals surface area contributed by atoms with Gasteiger partial charge in [0.2, 0.25) is 0 Å². The molecule has 1 fully saturated rings. The zero-order chi connectivity index (χ0) is 20.9. The fourth-order valence-electron chi connectivity index (χ4n) is 3.16. The van der Waals surface area contributed by atoms with Crippen LogP contribution in [0.5, 0.6) is 5.75 Å². The van der Waals surface area contributed by atoms with Crippen LogP contribution in [0.2, 0.25) is 0 Å². The van der Waals surface area contributed by atoms with E-state index in [0.717, 1.165) is 37.1 Å². The van der Waals surface area contributed by atoms with E-state index in [2.05, 4.69) is 10.3 Å². The van der Waals surface area contributed by atoms with E-state index in [4.69, 9.17) is 9.47 Å². The summed E-state index contributed by atoms with van der Waals surface area (Å²) in [6.07, 6.45) is 2.03. The van der Waals surface area contributed by atoms with E-state index < -0.39 is 11.6 Å². The molecule has 156 valence electrons. The van der Waals surface area contributed by atoms with Gasteiger partial charge in [0.1, 0.15) is 23.1 Å². The van der Waals surface area contributed by atoms with Crippen molar-refractivity contribution in [2.24, 2.45) is 0 Å². The number of nitrogens with zero attached hydrogens (tertiary/aromatic N) is 1. The maximum Gasteiger partial charge on any atom is 0.270 e. The molecule has 0 bridgehead atoms. The van der Waals surface area contributed by atoms with Gasteiger partial charge < -0.3 is 14.8 Å². The number of hydrogen-bond acceptors (Lipinski definition) is 5. The molecule has 30 heavy (non-hydrogen) atoms. The van der Waals surface area contributed by atoms with Crippen LogP contribution in [-0.4, -0.2) is 30.1 Å². The SMILES string of the molecule is O=C(NC[C@H]1CCCO1)c1csc(-c2ccccc2OCc2ccc(F)c(F)c2)n1. The molecule has 3 aromatic rings. The minimum Gasteiger partial charge on any atom is -0.488 e. The van der Waals surface area contributed by atoms with Crippen LogP contribution in [0.1, 0.15) is 28.9 Å². The van der Waals surface area contributed by atoms with Gasteiger partial charge in [-0.05, 0) is 42.7 Å². The monoisotopic (exact) mass is 430 g/mol. The summed E-state index contributed by atoms with van der Waals surface area (Å²) < 4.78 is 37.8. The van der Waals surface area contributed by atoms with Gasteiger partial charge in [0, 0.05) is 18.5 Å². The van der Waals surface area contributed by atoms with Crippen molar-refractivity contribution in [1.82, 2.24) is 10.3 Å². The molecule has 1 amide bonds. The maximum absolute atomic E-state index is 13.4. The lowest BCUT2D eigenvalue weighted by molar-refractivity contribution is 0.0854. The van der Waals surface area contributed by atoms with E-state index in [-0.39, 0.29) is 18.6 Å². The fourth-order valence-corrected chi connectivity index (χ4v) is 3.99. The number of hydrogen-bond donors (Lipinski definition) is 1. The minimum atomic E-state index is -0.914. The lowest BCUT2D eigenvalue weighted by Gasteiger charge is -2.10. The van der Waals surface area contributed by atoms with Crippen molar-refractivity contribution >= 4 is 17.2 Å². The molecule has 2 heterocycles. The Morgan fingerprint density at radius 2 is 2.10 bits per heavy atom. The smallest absolute Gasteiger partial charge is 0.270 e. The third-order valence-electron chi connectivity index (χ3n) is 4.75. The molecule has 1 aliphatic heterocycles. The number of carbonyl (C=O) groups excluding carboxylic acids is 1. The molecule has 1 aliphatic rings. The highest BCUT2D eigenvalue weighted by molar-refractivity contribution is 7.13. The van der Waals surface area contributed by atoms with Gasteiger partial charge in [-0.3, -0.25) is 4.79 Å². The maximum atomic E-state index is 13.4. The Kier molecular flexibility index (Phi) is 6.35. The number of amides is 1. The summed E-state index contributed by atoms with van der Waals surface area (Å²) in [7, 11) is 0. The molecule has 0 unspecified atom stereocenters. The summed E-state index contributed by atoms with van der Waals surface area (Å²) in [6.45, 7) is 1.29. The Morgan fingerprint density at radius 1 is 1.23 bits per heavy atom. The Hall–Kier alpha value is -2.84. The first-order valence-electron chi connectivity index (χ1n) is 9.61. The van der Waals surface area contributed by atoms with E-state index in [9.17, 15) is 13.6 Å². The summed E-state index contributed by atoms with van der Waals surface area (Å²) in [4.78, 5) is 16.8. The quantitative estimate of drug-likeness (QED) is 0.596. The lowest BCUT2D eigenvalue weighted by atomic mass is 10.2. The van der Waals surface area contributed by atoms with Crippen molar-refractivity contribution in [3.8, 4) is 16.3 Å². The first-order valence-corrected chi connectivity index (χ1v) is 10.5. The van der Waals surface area contributed by atoms with Gasteiger partial charge in [-0.15, -0.1) is 11.3 Å². The molecule has 0 saturated carbocycles. The number of ether oxygens (including phenoxy) is 2. The predicted octanol–water partition coefficient (Wildman–Crippen LogP) is 4.58. The molecule has 8 heteroatoms. The van der Waals surface area contributed by atoms with E-state index in [1.807, 2.05) is 18.2 Å². The highest BCUT2D eigenvalue weighted by atomic mass is 32.1. The molecular formula is C22H20F2N2O3S. The van der Waals surface area contributed by atoms with Gasteiger partial charge >= 0.3 is 0 Å². The van der Waals surface area contributed by atoms with E-state index in [0.29, 0.717) is 28.6 Å². The molecule has 0 radical (unpaired) electrons. The summed E-state index contributed by atoms with van der Waals surface area (Å²) in [5.74, 6) is -1.51. The molecule has 1 N–H and O–H groups in total. The Labute approximate surface area is 176 Å². The first-order chi connectivity index (χ1) is 14.6. The normalized spacial score (nSPS) is 15.9. The zero-order valence-electron chi connectivity index (χ0n) is 16.1. The summed E-state index contributed by atoms with van der Waals surface area (Å²) in [6, 6.07) is 10.9. The second kappa shape index (κ2) is 9.32. The van der Waals surface area contributed by atoms with E-state index in [1.54, 1.807) is 11.4 Å². The van der Waals surface area contributed by atoms with Crippen LogP contribution in [0.4, 0.5) is 8.78 Å². The molecular weight excluding hydrogens is 410 g/mol. The standard InChI is InChI=1S/C22H20F2N2O3S/c23-17-8-7-14(10-18(17)24)12-29-20-6-2-1-5-16(20)22-26-19(13-30-22)21(27)25-11-15-4-3-9-28-15/h1-2,5-8,10,13,15H,3-4,9,11-12H2,(H,25,27)/t15-/m1/s1. The molecule has 0 spiro atoms. The van der Waals surface area contributed by atoms with Crippen molar-refractivity contribution in [2.75, 3.05) is 13.2 Å². The lowest BCUT2D eigenvalue weighted by Crippen LogP contribution is -2.31. The van der Waals surface area contributed by atoms with Gasteiger partial charge in [-0.2, -0.15) is 0 Å². The van der Waals surface area contributed by atoms with Crippen molar-refractivity contribution in [2.45, 2.75) is 25.6 Å². The van der Waals surface area contributed by atoms with Crippen LogP contribution >= 0.6 is 11.3 Å². The van der Waals surface area contributed by atoms with Crippen LogP contribution in [-0.2, 0) is 11.3 Å². The van der Waals surface area contributed by atoms with Gasteiger partial charge in [-0.25, -0.2) is 13.8 Å². The molecule has 4 rings (SSSR count). The number of benzene rings is 2. The number of nitrogens with one attached hydrogen (secondary N) is 1. The van der Waals surface area contributed by atoms with Crippen molar-refractivity contribution in [1.29, 1.82) is 0 Å². The molecule has 0 aliphatic carbocycles. The van der Waals surface area contributed by atoms with Gasteiger partial charge in [0.25, 0.3) is 5.91 Å². The molecule has 5 nitrogen and oxygen atoms in total.